The van der Waals surface area contributed by atoms with Gasteiger partial charge in [-0.1, -0.05) is 29.8 Å². The molecule has 2 rings (SSSR count). The number of benzene rings is 2. The lowest BCUT2D eigenvalue weighted by molar-refractivity contribution is -0.152. The minimum atomic E-state index is -0.845. The molecule has 0 heterocycles. The van der Waals surface area contributed by atoms with Gasteiger partial charge >= 0.3 is 5.97 Å². The van der Waals surface area contributed by atoms with E-state index >= 15 is 0 Å². The van der Waals surface area contributed by atoms with E-state index in [0.29, 0.717) is 10.8 Å². The van der Waals surface area contributed by atoms with Crippen LogP contribution in [0.5, 0.6) is 0 Å². The van der Waals surface area contributed by atoms with Crippen molar-refractivity contribution >= 4 is 40.9 Å². The molecule has 0 aliphatic heterocycles. The first-order chi connectivity index (χ1) is 12.4. The molecule has 0 saturated carbocycles. The molecule has 2 aromatic carbocycles. The van der Waals surface area contributed by atoms with E-state index in [-0.39, 0.29) is 12.3 Å². The van der Waals surface area contributed by atoms with Crippen molar-refractivity contribution in [1.29, 1.82) is 0 Å². The number of carbonyl (C=O) groups is 2. The molecule has 0 unspecified atom stereocenters. The first-order valence-corrected chi connectivity index (χ1v) is 9.68. The summed E-state index contributed by atoms with van der Waals surface area (Å²) in [5, 5.41) is 3.52. The summed E-state index contributed by atoms with van der Waals surface area (Å²) in [4.78, 5) is 25.3. The summed E-state index contributed by atoms with van der Waals surface area (Å²) < 4.78 is 5.24. The van der Waals surface area contributed by atoms with Crippen LogP contribution in [0.25, 0.3) is 0 Å². The molecule has 0 bridgehead atoms. The molecule has 138 valence electrons. The highest BCUT2D eigenvalue weighted by atomic mass is 35.5. The van der Waals surface area contributed by atoms with Crippen molar-refractivity contribution in [2.24, 2.45) is 0 Å². The highest BCUT2D eigenvalue weighted by molar-refractivity contribution is 7.99. The first kappa shape index (κ1) is 20.3. The number of para-hydroxylation sites is 1. The van der Waals surface area contributed by atoms with E-state index in [1.807, 2.05) is 56.3 Å². The van der Waals surface area contributed by atoms with Crippen LogP contribution in [0.15, 0.2) is 47.4 Å². The summed E-state index contributed by atoms with van der Waals surface area (Å²) in [6.45, 7) is 5.42. The number of thioether (sulfide) groups is 1. The van der Waals surface area contributed by atoms with Crippen molar-refractivity contribution in [3.8, 4) is 0 Å². The molecule has 0 radical (unpaired) electrons. The second-order valence-corrected chi connectivity index (χ2v) is 7.55. The van der Waals surface area contributed by atoms with Crippen LogP contribution in [-0.2, 0) is 14.3 Å². The molecular weight excluding hydrogens is 370 g/mol. The number of amides is 1. The molecule has 1 atom stereocenters. The molecule has 0 spiro atoms. The van der Waals surface area contributed by atoms with Gasteiger partial charge in [-0.15, -0.1) is 11.8 Å². The van der Waals surface area contributed by atoms with Crippen LogP contribution in [0, 0.1) is 13.8 Å². The highest BCUT2D eigenvalue weighted by Gasteiger charge is 2.19. The largest absolute Gasteiger partial charge is 0.453 e. The van der Waals surface area contributed by atoms with Crippen LogP contribution in [0.2, 0.25) is 5.02 Å². The maximum absolute atomic E-state index is 12.3. The molecule has 1 N–H and O–H groups in total. The zero-order chi connectivity index (χ0) is 19.1. The van der Waals surface area contributed by atoms with Gasteiger partial charge in [0.2, 0.25) is 0 Å². The number of nitrogens with one attached hydrogen (secondary N) is 1. The third-order valence-corrected chi connectivity index (χ3v) is 5.06. The Morgan fingerprint density at radius 3 is 2.35 bits per heavy atom. The molecule has 26 heavy (non-hydrogen) atoms. The van der Waals surface area contributed by atoms with E-state index < -0.39 is 12.1 Å². The number of hydrogen-bond donors (Lipinski definition) is 1. The predicted octanol–water partition coefficient (Wildman–Crippen LogP) is 5.01. The van der Waals surface area contributed by atoms with Crippen LogP contribution in [0.4, 0.5) is 5.69 Å². The number of ether oxygens (including phenoxy) is 1. The summed E-state index contributed by atoms with van der Waals surface area (Å²) in [6, 6.07) is 13.2. The van der Waals surface area contributed by atoms with Gasteiger partial charge in [-0.05, 0) is 56.2 Å². The summed E-state index contributed by atoms with van der Waals surface area (Å²) in [5.41, 5.74) is 2.70. The zero-order valence-corrected chi connectivity index (χ0v) is 16.6. The van der Waals surface area contributed by atoms with E-state index in [1.54, 1.807) is 6.92 Å². The van der Waals surface area contributed by atoms with Gasteiger partial charge in [0.25, 0.3) is 5.91 Å². The summed E-state index contributed by atoms with van der Waals surface area (Å²) >= 11 is 7.38. The Morgan fingerprint density at radius 2 is 1.73 bits per heavy atom. The molecule has 2 aromatic rings. The van der Waals surface area contributed by atoms with Crippen molar-refractivity contribution in [2.75, 3.05) is 11.1 Å². The van der Waals surface area contributed by atoms with Crippen molar-refractivity contribution in [2.45, 2.75) is 38.2 Å². The van der Waals surface area contributed by atoms with Crippen molar-refractivity contribution in [3.05, 3.63) is 58.6 Å². The Hall–Kier alpha value is -1.98. The monoisotopic (exact) mass is 391 g/mol. The van der Waals surface area contributed by atoms with Crippen molar-refractivity contribution in [1.82, 2.24) is 0 Å². The summed E-state index contributed by atoms with van der Waals surface area (Å²) in [5.74, 6) is -0.150. The van der Waals surface area contributed by atoms with Gasteiger partial charge in [0.05, 0.1) is 6.42 Å². The molecule has 0 aliphatic carbocycles. The van der Waals surface area contributed by atoms with Crippen LogP contribution < -0.4 is 5.32 Å². The maximum Gasteiger partial charge on any atom is 0.307 e. The van der Waals surface area contributed by atoms with Gasteiger partial charge < -0.3 is 10.1 Å². The van der Waals surface area contributed by atoms with E-state index in [0.717, 1.165) is 21.7 Å². The van der Waals surface area contributed by atoms with Crippen molar-refractivity contribution < 1.29 is 14.3 Å². The maximum atomic E-state index is 12.3. The molecule has 4 nitrogen and oxygen atoms in total. The molecule has 6 heteroatoms. The number of carbonyl (C=O) groups excluding carboxylic acids is 2. The number of halogens is 1. The standard InChI is InChI=1S/C20H22ClNO3S/c1-13-5-4-6-14(2)19(13)22-20(24)15(3)25-18(23)11-12-26-17-9-7-16(21)8-10-17/h4-10,15H,11-12H2,1-3H3,(H,22,24)/t15-/m0/s1. The van der Waals surface area contributed by atoms with Crippen LogP contribution in [0.1, 0.15) is 24.5 Å². The summed E-state index contributed by atoms with van der Waals surface area (Å²) in [6.07, 6.45) is -0.615. The average molecular weight is 392 g/mol. The Balaban J connectivity index is 1.78. The molecule has 0 aliphatic rings. The fourth-order valence-corrected chi connectivity index (χ4v) is 3.29. The number of hydrogen-bond acceptors (Lipinski definition) is 4. The summed E-state index contributed by atoms with van der Waals surface area (Å²) in [7, 11) is 0. The minimum absolute atomic E-state index is 0.230. The average Bonchev–Trinajstić information content (AvgIpc) is 2.59. The molecule has 0 fully saturated rings. The van der Waals surface area contributed by atoms with Gasteiger partial charge in [-0.2, -0.15) is 0 Å². The minimum Gasteiger partial charge on any atom is -0.453 e. The lowest BCUT2D eigenvalue weighted by Gasteiger charge is -2.16. The number of anilines is 1. The third-order valence-electron chi connectivity index (χ3n) is 3.80. The quantitative estimate of drug-likeness (QED) is 0.532. The Labute approximate surface area is 163 Å². The van der Waals surface area contributed by atoms with Gasteiger partial charge in [-0.3, -0.25) is 9.59 Å². The molecule has 0 aromatic heterocycles. The number of aryl methyl sites for hydroxylation is 2. The SMILES string of the molecule is Cc1cccc(C)c1NC(=O)[C@H](C)OC(=O)CCSc1ccc(Cl)cc1. The predicted molar refractivity (Wildman–Crippen MR) is 107 cm³/mol. The van der Waals surface area contributed by atoms with Gasteiger partial charge in [-0.25, -0.2) is 0 Å². The van der Waals surface area contributed by atoms with Gasteiger partial charge in [0, 0.05) is 21.4 Å². The van der Waals surface area contributed by atoms with Gasteiger partial charge in [0.15, 0.2) is 6.10 Å². The smallest absolute Gasteiger partial charge is 0.307 e. The lowest BCUT2D eigenvalue weighted by atomic mass is 10.1. The Kier molecular flexibility index (Phi) is 7.54. The zero-order valence-electron chi connectivity index (χ0n) is 15.0. The highest BCUT2D eigenvalue weighted by Crippen LogP contribution is 2.22. The molecule has 0 saturated heterocycles. The number of rotatable bonds is 7. The Bertz CT molecular complexity index is 757. The first-order valence-electron chi connectivity index (χ1n) is 8.31. The van der Waals surface area contributed by atoms with Crippen LogP contribution in [-0.4, -0.2) is 23.7 Å². The van der Waals surface area contributed by atoms with E-state index in [2.05, 4.69) is 5.32 Å². The van der Waals surface area contributed by atoms with E-state index in [9.17, 15) is 9.59 Å². The second-order valence-electron chi connectivity index (χ2n) is 5.94. The van der Waals surface area contributed by atoms with E-state index in [1.165, 1.54) is 11.8 Å². The fourth-order valence-electron chi connectivity index (χ4n) is 2.33. The molecular formula is C20H22ClNO3S. The topological polar surface area (TPSA) is 55.4 Å². The third kappa shape index (κ3) is 6.07. The van der Waals surface area contributed by atoms with Crippen LogP contribution >= 0.6 is 23.4 Å². The lowest BCUT2D eigenvalue weighted by Crippen LogP contribution is -2.30. The Morgan fingerprint density at radius 1 is 1.12 bits per heavy atom. The normalized spacial score (nSPS) is 11.7. The van der Waals surface area contributed by atoms with Gasteiger partial charge in [0.1, 0.15) is 0 Å². The van der Waals surface area contributed by atoms with Crippen LogP contribution in [0.3, 0.4) is 0 Å². The van der Waals surface area contributed by atoms with Crippen molar-refractivity contribution in [3.63, 3.8) is 0 Å². The number of esters is 1. The second kappa shape index (κ2) is 9.64. The van der Waals surface area contributed by atoms with E-state index in [4.69, 9.17) is 16.3 Å². The molecule has 1 amide bonds. The fraction of sp³-hybridized carbons (Fsp3) is 0.300.